The van der Waals surface area contributed by atoms with Crippen molar-refractivity contribution in [3.8, 4) is 5.75 Å². The predicted octanol–water partition coefficient (Wildman–Crippen LogP) is 2.73. The van der Waals surface area contributed by atoms with Gasteiger partial charge in [-0.2, -0.15) is 10.1 Å². The fourth-order valence-corrected chi connectivity index (χ4v) is 3.59. The quantitative estimate of drug-likeness (QED) is 0.230. The first-order chi connectivity index (χ1) is 16.3. The topological polar surface area (TPSA) is 127 Å². The Balaban J connectivity index is 1.60. The van der Waals surface area contributed by atoms with Crippen LogP contribution in [0.1, 0.15) is 5.56 Å². The number of anilines is 1. The van der Waals surface area contributed by atoms with E-state index in [1.165, 1.54) is 16.2 Å². The van der Waals surface area contributed by atoms with Crippen LogP contribution in [0.4, 0.5) is 5.95 Å². The summed E-state index contributed by atoms with van der Waals surface area (Å²) >= 11 is 9.25. The number of H-pyrrole nitrogens is 1. The highest BCUT2D eigenvalue weighted by atomic mass is 79.9. The van der Waals surface area contributed by atoms with Gasteiger partial charge >= 0.3 is 5.69 Å². The molecule has 176 valence electrons. The summed E-state index contributed by atoms with van der Waals surface area (Å²) in [6.45, 7) is -0.0892. The van der Waals surface area contributed by atoms with Gasteiger partial charge in [-0.1, -0.05) is 39.7 Å². The van der Waals surface area contributed by atoms with Crippen molar-refractivity contribution in [1.29, 1.82) is 0 Å². The number of aliphatic hydroxyl groups is 1. The first-order valence-electron chi connectivity index (χ1n) is 10.1. The second-order valence-corrected chi connectivity index (χ2v) is 8.73. The number of hydrogen-bond acceptors (Lipinski definition) is 7. The van der Waals surface area contributed by atoms with Crippen molar-refractivity contribution in [2.24, 2.45) is 12.1 Å². The van der Waals surface area contributed by atoms with Crippen molar-refractivity contribution >= 4 is 50.9 Å². The molecule has 4 aromatic rings. The number of benzene rings is 2. The van der Waals surface area contributed by atoms with Crippen LogP contribution in [-0.2, 0) is 13.6 Å². The first-order valence-corrected chi connectivity index (χ1v) is 11.3. The number of rotatable bonds is 8. The zero-order valence-electron chi connectivity index (χ0n) is 17.9. The molecule has 2 heterocycles. The molecule has 0 unspecified atom stereocenters. The highest BCUT2D eigenvalue weighted by molar-refractivity contribution is 9.10. The number of ether oxygens (including phenoxy) is 1. The highest BCUT2D eigenvalue weighted by Gasteiger charge is 2.20. The minimum Gasteiger partial charge on any atom is -0.491 e. The Labute approximate surface area is 206 Å². The van der Waals surface area contributed by atoms with E-state index < -0.39 is 17.4 Å². The second-order valence-electron chi connectivity index (χ2n) is 7.38. The average molecular weight is 548 g/mol. The Hall–Kier alpha value is -3.41. The van der Waals surface area contributed by atoms with E-state index in [0.29, 0.717) is 10.8 Å². The van der Waals surface area contributed by atoms with Crippen molar-refractivity contribution in [3.05, 3.63) is 84.4 Å². The number of aromatic nitrogens is 4. The third-order valence-corrected chi connectivity index (χ3v) is 5.69. The molecule has 0 spiro atoms. The standard InChI is InChI=1S/C22H20BrClN6O4/c1-29-19-18(20(32)27-22(29)33)30(11-16(31)12-34-17-8-6-15(24)7-9-17)21(26-19)28-25-10-13-2-4-14(23)5-3-13/h2-10,16,31H,11-12H2,1H3,(H,26,28)(H,27,32,33)/b25-10+/t16-/m0/s1. The summed E-state index contributed by atoms with van der Waals surface area (Å²) < 4.78 is 9.22. The zero-order valence-corrected chi connectivity index (χ0v) is 20.2. The number of fused-ring (bicyclic) bond motifs is 1. The van der Waals surface area contributed by atoms with Crippen LogP contribution in [0.3, 0.4) is 0 Å². The lowest BCUT2D eigenvalue weighted by molar-refractivity contribution is 0.0938. The smallest absolute Gasteiger partial charge is 0.329 e. The maximum absolute atomic E-state index is 12.6. The molecule has 0 aliphatic rings. The molecule has 12 heteroatoms. The van der Waals surface area contributed by atoms with Gasteiger partial charge in [-0.3, -0.25) is 14.3 Å². The molecule has 0 amide bonds. The molecule has 0 saturated carbocycles. The van der Waals surface area contributed by atoms with Crippen LogP contribution in [0.25, 0.3) is 11.2 Å². The van der Waals surface area contributed by atoms with Crippen molar-refractivity contribution in [2.45, 2.75) is 12.6 Å². The monoisotopic (exact) mass is 546 g/mol. The van der Waals surface area contributed by atoms with Crippen LogP contribution in [-0.4, -0.2) is 43.1 Å². The molecule has 0 radical (unpaired) electrons. The van der Waals surface area contributed by atoms with Gasteiger partial charge in [0.1, 0.15) is 18.5 Å². The van der Waals surface area contributed by atoms with Crippen LogP contribution in [0.5, 0.6) is 5.75 Å². The van der Waals surface area contributed by atoms with Gasteiger partial charge in [-0.25, -0.2) is 10.2 Å². The van der Waals surface area contributed by atoms with Crippen LogP contribution in [0.15, 0.2) is 67.7 Å². The minimum absolute atomic E-state index is 0.0402. The molecular weight excluding hydrogens is 528 g/mol. The van der Waals surface area contributed by atoms with Gasteiger partial charge in [0.25, 0.3) is 5.56 Å². The Morgan fingerprint density at radius 2 is 1.94 bits per heavy atom. The summed E-state index contributed by atoms with van der Waals surface area (Å²) in [7, 11) is 1.49. The van der Waals surface area contributed by atoms with Crippen LogP contribution in [0.2, 0.25) is 5.02 Å². The van der Waals surface area contributed by atoms with Crippen LogP contribution < -0.4 is 21.4 Å². The fourth-order valence-electron chi connectivity index (χ4n) is 3.20. The summed E-state index contributed by atoms with van der Waals surface area (Å²) in [5.74, 6) is 0.720. The molecule has 2 aromatic heterocycles. The Bertz CT molecular complexity index is 1440. The lowest BCUT2D eigenvalue weighted by Crippen LogP contribution is -2.30. The first kappa shape index (κ1) is 23.7. The number of aliphatic hydroxyl groups excluding tert-OH is 1. The summed E-state index contributed by atoms with van der Waals surface area (Å²) in [6, 6.07) is 14.2. The molecule has 0 saturated heterocycles. The predicted molar refractivity (Wildman–Crippen MR) is 134 cm³/mol. The average Bonchev–Trinajstić information content (AvgIpc) is 3.17. The second kappa shape index (κ2) is 10.2. The third-order valence-electron chi connectivity index (χ3n) is 4.90. The molecule has 0 aliphatic carbocycles. The van der Waals surface area contributed by atoms with Gasteiger partial charge in [0.15, 0.2) is 11.2 Å². The summed E-state index contributed by atoms with van der Waals surface area (Å²) in [5, 5.41) is 15.4. The van der Waals surface area contributed by atoms with E-state index in [2.05, 4.69) is 36.4 Å². The van der Waals surface area contributed by atoms with Gasteiger partial charge in [0.2, 0.25) is 5.95 Å². The zero-order chi connectivity index (χ0) is 24.2. The van der Waals surface area contributed by atoms with Crippen molar-refractivity contribution in [3.63, 3.8) is 0 Å². The molecule has 1 atom stereocenters. The van der Waals surface area contributed by atoms with Gasteiger partial charge in [0, 0.05) is 16.5 Å². The van der Waals surface area contributed by atoms with Crippen molar-refractivity contribution in [1.82, 2.24) is 19.1 Å². The van der Waals surface area contributed by atoms with Gasteiger partial charge in [-0.05, 0) is 42.0 Å². The number of aromatic amines is 1. The van der Waals surface area contributed by atoms with E-state index in [0.717, 1.165) is 10.0 Å². The number of hydrogen-bond donors (Lipinski definition) is 3. The van der Waals surface area contributed by atoms with Gasteiger partial charge < -0.3 is 14.4 Å². The maximum Gasteiger partial charge on any atom is 0.329 e. The molecular formula is C22H20BrClN6O4. The van der Waals surface area contributed by atoms with E-state index in [4.69, 9.17) is 16.3 Å². The van der Waals surface area contributed by atoms with E-state index in [-0.39, 0.29) is 30.3 Å². The number of halogens is 2. The van der Waals surface area contributed by atoms with Gasteiger partial charge in [0.05, 0.1) is 12.8 Å². The molecule has 0 aliphatic heterocycles. The van der Waals surface area contributed by atoms with Gasteiger partial charge in [-0.15, -0.1) is 0 Å². The SMILES string of the molecule is Cn1c(=O)[nH]c(=O)c2c1nc(N/N=C/c1ccc(Br)cc1)n2C[C@H](O)COc1ccc(Cl)cc1. The summed E-state index contributed by atoms with van der Waals surface area (Å²) in [4.78, 5) is 31.2. The molecule has 4 rings (SSSR count). The Morgan fingerprint density at radius 3 is 2.65 bits per heavy atom. The van der Waals surface area contributed by atoms with E-state index in [1.54, 1.807) is 30.5 Å². The van der Waals surface area contributed by atoms with E-state index >= 15 is 0 Å². The molecule has 0 bridgehead atoms. The third kappa shape index (κ3) is 5.38. The minimum atomic E-state index is -0.999. The Kier molecular flexibility index (Phi) is 7.15. The van der Waals surface area contributed by atoms with Crippen molar-refractivity contribution in [2.75, 3.05) is 12.0 Å². The Morgan fingerprint density at radius 1 is 1.24 bits per heavy atom. The molecule has 3 N–H and O–H groups in total. The van der Waals surface area contributed by atoms with Crippen LogP contribution >= 0.6 is 27.5 Å². The number of aryl methyl sites for hydroxylation is 1. The van der Waals surface area contributed by atoms with Crippen molar-refractivity contribution < 1.29 is 9.84 Å². The molecule has 0 fully saturated rings. The molecule has 2 aromatic carbocycles. The number of nitrogens with one attached hydrogen (secondary N) is 2. The largest absolute Gasteiger partial charge is 0.491 e. The lowest BCUT2D eigenvalue weighted by Gasteiger charge is -2.15. The number of nitrogens with zero attached hydrogens (tertiary/aromatic N) is 4. The normalized spacial score (nSPS) is 12.4. The summed E-state index contributed by atoms with van der Waals surface area (Å²) in [6.07, 6.45) is 0.583. The summed E-state index contributed by atoms with van der Waals surface area (Å²) in [5.41, 5.74) is 2.68. The number of imidazole rings is 1. The van der Waals surface area contributed by atoms with Crippen LogP contribution in [0, 0.1) is 0 Å². The molecule has 10 nitrogen and oxygen atoms in total. The molecule has 34 heavy (non-hydrogen) atoms. The van der Waals surface area contributed by atoms with E-state index in [1.807, 2.05) is 24.3 Å². The maximum atomic E-state index is 12.6. The van der Waals surface area contributed by atoms with E-state index in [9.17, 15) is 14.7 Å². The highest BCUT2D eigenvalue weighted by Crippen LogP contribution is 2.18. The lowest BCUT2D eigenvalue weighted by atomic mass is 10.2. The fraction of sp³-hybridized carbons (Fsp3) is 0.182. The number of hydrazone groups is 1.